The highest BCUT2D eigenvalue weighted by atomic mass is 15.2. The van der Waals surface area contributed by atoms with Gasteiger partial charge in [-0.2, -0.15) is 0 Å². The molecule has 0 saturated carbocycles. The first-order valence-electron chi connectivity index (χ1n) is 23.3. The van der Waals surface area contributed by atoms with Crippen molar-refractivity contribution in [1.82, 2.24) is 0 Å². The van der Waals surface area contributed by atoms with Gasteiger partial charge >= 0.3 is 0 Å². The van der Waals surface area contributed by atoms with Crippen LogP contribution >= 0.6 is 0 Å². The van der Waals surface area contributed by atoms with E-state index in [4.69, 9.17) is 0 Å². The molecule has 4 heterocycles. The van der Waals surface area contributed by atoms with Crippen molar-refractivity contribution in [2.45, 2.75) is 143 Å². The van der Waals surface area contributed by atoms with Crippen LogP contribution in [0.3, 0.4) is 0 Å². The molecule has 0 bridgehead atoms. The second-order valence-corrected chi connectivity index (χ2v) is 22.8. The van der Waals surface area contributed by atoms with Gasteiger partial charge < -0.3 is 9.80 Å². The van der Waals surface area contributed by atoms with E-state index in [0.29, 0.717) is 23.9 Å². The summed E-state index contributed by atoms with van der Waals surface area (Å²) in [4.78, 5) is 5.73. The summed E-state index contributed by atoms with van der Waals surface area (Å²) >= 11 is 0. The van der Waals surface area contributed by atoms with Crippen LogP contribution in [0.4, 0.5) is 22.7 Å². The van der Waals surface area contributed by atoms with E-state index in [1.54, 1.807) is 22.2 Å². The van der Waals surface area contributed by atoms with Gasteiger partial charge in [0.05, 0.1) is 6.04 Å². The lowest BCUT2D eigenvalue weighted by Crippen LogP contribution is -2.63. The monoisotopic (exact) mass is 777 g/mol. The normalized spacial score (nSPS) is 25.2. The van der Waals surface area contributed by atoms with Gasteiger partial charge in [0.25, 0.3) is 6.71 Å². The minimum Gasteiger partial charge on any atom is -0.338 e. The number of nitrogens with zero attached hydrogens (tertiary/aromatic N) is 2. The molecule has 4 aliphatic heterocycles. The van der Waals surface area contributed by atoms with Gasteiger partial charge in [-0.1, -0.05) is 154 Å². The Balaban J connectivity index is 1.18. The van der Waals surface area contributed by atoms with E-state index in [1.807, 2.05) is 0 Å². The average molecular weight is 777 g/mol. The highest BCUT2D eigenvalue weighted by molar-refractivity contribution is 7.00. The number of hydrogen-bond acceptors (Lipinski definition) is 2. The van der Waals surface area contributed by atoms with Gasteiger partial charge in [-0.15, -0.1) is 0 Å². The maximum absolute atomic E-state index is 2.86. The summed E-state index contributed by atoms with van der Waals surface area (Å²) in [6, 6.07) is 30.1. The van der Waals surface area contributed by atoms with Gasteiger partial charge in [-0.05, 0) is 135 Å². The zero-order valence-corrected chi connectivity index (χ0v) is 37.5. The van der Waals surface area contributed by atoms with Gasteiger partial charge in [0.15, 0.2) is 0 Å². The maximum Gasteiger partial charge on any atom is 0.252 e. The van der Waals surface area contributed by atoms with Crippen molar-refractivity contribution in [3.8, 4) is 0 Å². The largest absolute Gasteiger partial charge is 0.338 e. The third-order valence-electron chi connectivity index (χ3n) is 16.9. The lowest BCUT2D eigenvalue weighted by molar-refractivity contribution is 0.123. The summed E-state index contributed by atoms with van der Waals surface area (Å²) < 4.78 is 0. The van der Waals surface area contributed by atoms with Crippen molar-refractivity contribution in [2.24, 2.45) is 22.7 Å². The summed E-state index contributed by atoms with van der Waals surface area (Å²) in [5.41, 5.74) is 21.5. The molecule has 7 aliphatic rings. The Hall–Kier alpha value is -4.24. The number of benzene rings is 4. The molecule has 0 amide bonds. The Morgan fingerprint density at radius 1 is 0.627 bits per heavy atom. The maximum atomic E-state index is 2.86. The van der Waals surface area contributed by atoms with E-state index in [2.05, 4.69) is 176 Å². The third-order valence-corrected chi connectivity index (χ3v) is 16.9. The molecule has 0 fully saturated rings. The third kappa shape index (κ3) is 5.37. The van der Waals surface area contributed by atoms with Gasteiger partial charge in [0.2, 0.25) is 0 Å². The standard InChI is InChI=1S/C56H65BN2/c1-53(2,3)36-24-26-46-40(28-36)42-30-38(54(4,5)6)32-44-51(42)58(46)48-22-17-23-49-50(48)57(44)45-33-39(56(9,10)35-20-15-12-16-21-35)31-43-41-29-37(25-27-47(41)59(49)52(43)45)55(7,8)34-18-13-11-14-19-34/h11-13,15-17,20-23,28-34,37,40,46-47H,14,18-19,24-27H2,1-10H3. The molecule has 3 aliphatic carbocycles. The van der Waals surface area contributed by atoms with Crippen LogP contribution in [0.5, 0.6) is 0 Å². The van der Waals surface area contributed by atoms with Crippen LogP contribution in [-0.2, 0) is 10.8 Å². The predicted octanol–water partition coefficient (Wildman–Crippen LogP) is 12.5. The Labute approximate surface area is 356 Å². The molecule has 0 spiro atoms. The molecule has 0 N–H and O–H groups in total. The molecule has 302 valence electrons. The molecule has 0 aromatic heterocycles. The van der Waals surface area contributed by atoms with Crippen LogP contribution in [0.25, 0.3) is 5.57 Å². The fraction of sp³-hybridized carbons (Fsp3) is 0.464. The highest BCUT2D eigenvalue weighted by Gasteiger charge is 2.54. The fourth-order valence-corrected chi connectivity index (χ4v) is 13.2. The zero-order chi connectivity index (χ0) is 41.0. The zero-order valence-electron chi connectivity index (χ0n) is 37.5. The van der Waals surface area contributed by atoms with E-state index < -0.39 is 0 Å². The number of anilines is 4. The molecule has 2 nitrogen and oxygen atoms in total. The highest BCUT2D eigenvalue weighted by Crippen LogP contribution is 2.58. The van der Waals surface area contributed by atoms with E-state index >= 15 is 0 Å². The van der Waals surface area contributed by atoms with E-state index in [0.717, 1.165) is 5.92 Å². The van der Waals surface area contributed by atoms with Crippen molar-refractivity contribution in [3.05, 3.63) is 130 Å². The van der Waals surface area contributed by atoms with Crippen molar-refractivity contribution in [1.29, 1.82) is 0 Å². The molecule has 11 rings (SSSR count). The number of fused-ring (bicyclic) bond motifs is 10. The molecule has 4 aromatic rings. The topological polar surface area (TPSA) is 6.48 Å². The predicted molar refractivity (Wildman–Crippen MR) is 254 cm³/mol. The van der Waals surface area contributed by atoms with Crippen molar-refractivity contribution in [3.63, 3.8) is 0 Å². The first-order chi connectivity index (χ1) is 28.0. The molecule has 59 heavy (non-hydrogen) atoms. The molecular weight excluding hydrogens is 711 g/mol. The van der Waals surface area contributed by atoms with Crippen LogP contribution in [0.1, 0.15) is 148 Å². The molecule has 3 heteroatoms. The Morgan fingerprint density at radius 3 is 2.07 bits per heavy atom. The quantitative estimate of drug-likeness (QED) is 0.150. The molecule has 0 radical (unpaired) electrons. The SMILES string of the molecule is CC(C)(C)C1=CC2c3cc(C(C)(C)C)cc4c3N(c3cccc5c3B4c3cc(C(C)(C)c4ccccc4)cc4c3N5C3CCC(C(C)(C)C5CC=CCC5)C=C43)C2CC1. The number of allylic oxidation sites excluding steroid dienone is 4. The lowest BCUT2D eigenvalue weighted by atomic mass is 9.33. The molecular formula is C56H65BN2. The summed E-state index contributed by atoms with van der Waals surface area (Å²) in [7, 11) is 0. The van der Waals surface area contributed by atoms with Gasteiger partial charge in [0.1, 0.15) is 0 Å². The average Bonchev–Trinajstić information content (AvgIpc) is 3.74. The smallest absolute Gasteiger partial charge is 0.252 e. The fourth-order valence-electron chi connectivity index (χ4n) is 13.2. The summed E-state index contributed by atoms with van der Waals surface area (Å²) in [5, 5.41) is 0. The van der Waals surface area contributed by atoms with Crippen LogP contribution in [0.2, 0.25) is 0 Å². The minimum atomic E-state index is -0.156. The summed E-state index contributed by atoms with van der Waals surface area (Å²) in [5.74, 6) is 1.70. The number of rotatable bonds is 4. The lowest BCUT2D eigenvalue weighted by Gasteiger charge is -2.47. The van der Waals surface area contributed by atoms with Crippen LogP contribution in [0.15, 0.2) is 103 Å². The van der Waals surface area contributed by atoms with Crippen molar-refractivity contribution >= 4 is 51.4 Å². The van der Waals surface area contributed by atoms with E-state index in [9.17, 15) is 0 Å². The van der Waals surface area contributed by atoms with Crippen LogP contribution < -0.4 is 26.2 Å². The van der Waals surface area contributed by atoms with Crippen molar-refractivity contribution < 1.29 is 0 Å². The second kappa shape index (κ2) is 12.7. The first-order valence-corrected chi connectivity index (χ1v) is 23.3. The summed E-state index contributed by atoms with van der Waals surface area (Å²) in [6.45, 7) is 24.8. The van der Waals surface area contributed by atoms with E-state index in [-0.39, 0.29) is 28.4 Å². The second-order valence-electron chi connectivity index (χ2n) is 22.8. The number of hydrogen-bond donors (Lipinski definition) is 0. The van der Waals surface area contributed by atoms with Gasteiger partial charge in [-0.3, -0.25) is 0 Å². The molecule has 5 unspecified atom stereocenters. The van der Waals surface area contributed by atoms with Crippen molar-refractivity contribution in [2.75, 3.05) is 9.80 Å². The Morgan fingerprint density at radius 2 is 1.36 bits per heavy atom. The van der Waals surface area contributed by atoms with E-state index in [1.165, 1.54) is 101 Å². The molecule has 5 atom stereocenters. The Kier molecular flexibility index (Phi) is 8.09. The molecule has 0 saturated heterocycles. The van der Waals surface area contributed by atoms with Gasteiger partial charge in [0, 0.05) is 45.7 Å². The Bertz CT molecular complexity index is 2500. The van der Waals surface area contributed by atoms with Crippen LogP contribution in [-0.4, -0.2) is 18.8 Å². The minimum absolute atomic E-state index is 0.0367. The van der Waals surface area contributed by atoms with Gasteiger partial charge in [-0.25, -0.2) is 0 Å². The first kappa shape index (κ1) is 37.7. The molecule has 4 aromatic carbocycles. The van der Waals surface area contributed by atoms with Crippen LogP contribution in [0, 0.1) is 22.7 Å². The summed E-state index contributed by atoms with van der Waals surface area (Å²) in [6.07, 6.45) is 19.0.